The van der Waals surface area contributed by atoms with Crippen molar-refractivity contribution in [1.82, 2.24) is 4.98 Å². The molecule has 4 nitrogen and oxygen atoms in total. The Morgan fingerprint density at radius 2 is 2.06 bits per heavy atom. The van der Waals surface area contributed by atoms with Gasteiger partial charge in [-0.05, 0) is 25.0 Å². The van der Waals surface area contributed by atoms with Gasteiger partial charge in [-0.3, -0.25) is 0 Å². The van der Waals surface area contributed by atoms with Gasteiger partial charge in [0.25, 0.3) is 0 Å². The molecule has 0 aliphatic heterocycles. The van der Waals surface area contributed by atoms with Crippen molar-refractivity contribution in [2.75, 3.05) is 18.5 Å². The van der Waals surface area contributed by atoms with Crippen molar-refractivity contribution in [2.24, 2.45) is 0 Å². The second-order valence-corrected chi connectivity index (χ2v) is 3.61. The highest BCUT2D eigenvalue weighted by Crippen LogP contribution is 2.06. The van der Waals surface area contributed by atoms with Crippen molar-refractivity contribution < 1.29 is 5.11 Å². The van der Waals surface area contributed by atoms with E-state index < -0.39 is 0 Å². The molecule has 0 aliphatic carbocycles. The summed E-state index contributed by atoms with van der Waals surface area (Å²) in [6.07, 6.45) is 5.84. The molecule has 0 aliphatic rings. The minimum absolute atomic E-state index is 0.285. The van der Waals surface area contributed by atoms with Crippen LogP contribution in [0.2, 0.25) is 0 Å². The Kier molecular flexibility index (Phi) is 5.97. The van der Waals surface area contributed by atoms with Crippen molar-refractivity contribution in [1.29, 1.82) is 5.26 Å². The molecule has 1 rings (SSSR count). The van der Waals surface area contributed by atoms with Gasteiger partial charge in [0.1, 0.15) is 11.8 Å². The number of nitrogens with one attached hydrogen (secondary N) is 1. The summed E-state index contributed by atoms with van der Waals surface area (Å²) in [5.74, 6) is 0. The highest BCUT2D eigenvalue weighted by molar-refractivity contribution is 5.42. The fourth-order valence-corrected chi connectivity index (χ4v) is 1.39. The molecule has 1 aromatic heterocycles. The number of aliphatic hydroxyl groups excluding tert-OH is 1. The first-order chi connectivity index (χ1) is 7.86. The van der Waals surface area contributed by atoms with Gasteiger partial charge in [0, 0.05) is 13.2 Å². The SMILES string of the molecule is N#Cc1ccc(NCCCCCCO)cn1. The van der Waals surface area contributed by atoms with E-state index in [9.17, 15) is 0 Å². The van der Waals surface area contributed by atoms with E-state index in [0.717, 1.165) is 37.9 Å². The smallest absolute Gasteiger partial charge is 0.140 e. The third-order valence-electron chi connectivity index (χ3n) is 2.29. The molecule has 0 bridgehead atoms. The number of pyridine rings is 1. The van der Waals surface area contributed by atoms with Gasteiger partial charge in [0.2, 0.25) is 0 Å². The monoisotopic (exact) mass is 219 g/mol. The zero-order valence-corrected chi connectivity index (χ0v) is 9.32. The second kappa shape index (κ2) is 7.66. The first kappa shape index (κ1) is 12.5. The minimum atomic E-state index is 0.285. The lowest BCUT2D eigenvalue weighted by Crippen LogP contribution is -2.02. The molecule has 0 fully saturated rings. The van der Waals surface area contributed by atoms with Gasteiger partial charge in [0.05, 0.1) is 11.9 Å². The molecule has 0 saturated carbocycles. The molecule has 0 unspecified atom stereocenters. The van der Waals surface area contributed by atoms with E-state index in [1.54, 1.807) is 12.3 Å². The molecule has 4 heteroatoms. The van der Waals surface area contributed by atoms with E-state index >= 15 is 0 Å². The molecular formula is C12H17N3O. The van der Waals surface area contributed by atoms with E-state index in [4.69, 9.17) is 10.4 Å². The molecule has 0 amide bonds. The fourth-order valence-electron chi connectivity index (χ4n) is 1.39. The summed E-state index contributed by atoms with van der Waals surface area (Å²) >= 11 is 0. The highest BCUT2D eigenvalue weighted by Gasteiger charge is 1.94. The van der Waals surface area contributed by atoms with Crippen LogP contribution in [0.1, 0.15) is 31.4 Å². The van der Waals surface area contributed by atoms with E-state index in [1.807, 2.05) is 12.1 Å². The van der Waals surface area contributed by atoms with E-state index in [0.29, 0.717) is 5.69 Å². The zero-order chi connectivity index (χ0) is 11.6. The number of hydrogen-bond donors (Lipinski definition) is 2. The van der Waals surface area contributed by atoms with Crippen molar-refractivity contribution in [3.05, 3.63) is 24.0 Å². The molecule has 1 heterocycles. The lowest BCUT2D eigenvalue weighted by Gasteiger charge is -2.05. The maximum Gasteiger partial charge on any atom is 0.140 e. The number of aliphatic hydroxyl groups is 1. The number of hydrogen-bond acceptors (Lipinski definition) is 4. The third-order valence-corrected chi connectivity index (χ3v) is 2.29. The summed E-state index contributed by atoms with van der Waals surface area (Å²) in [6.45, 7) is 1.19. The first-order valence-corrected chi connectivity index (χ1v) is 5.57. The van der Waals surface area contributed by atoms with Crippen LogP contribution in [-0.2, 0) is 0 Å². The summed E-state index contributed by atoms with van der Waals surface area (Å²) < 4.78 is 0. The van der Waals surface area contributed by atoms with Crippen molar-refractivity contribution in [2.45, 2.75) is 25.7 Å². The van der Waals surface area contributed by atoms with Crippen molar-refractivity contribution in [3.63, 3.8) is 0 Å². The minimum Gasteiger partial charge on any atom is -0.396 e. The van der Waals surface area contributed by atoms with Gasteiger partial charge in [-0.25, -0.2) is 4.98 Å². The predicted molar refractivity (Wildman–Crippen MR) is 63.0 cm³/mol. The van der Waals surface area contributed by atoms with Gasteiger partial charge in [-0.2, -0.15) is 5.26 Å². The second-order valence-electron chi connectivity index (χ2n) is 3.61. The van der Waals surface area contributed by atoms with Crippen LogP contribution in [0.5, 0.6) is 0 Å². The summed E-state index contributed by atoms with van der Waals surface area (Å²) in [7, 11) is 0. The van der Waals surface area contributed by atoms with Crippen molar-refractivity contribution in [3.8, 4) is 6.07 Å². The van der Waals surface area contributed by atoms with Crippen LogP contribution in [0.3, 0.4) is 0 Å². The summed E-state index contributed by atoms with van der Waals surface area (Å²) in [5, 5.41) is 20.4. The largest absolute Gasteiger partial charge is 0.396 e. The molecule has 86 valence electrons. The molecule has 0 spiro atoms. The maximum atomic E-state index is 8.60. The molecule has 2 N–H and O–H groups in total. The van der Waals surface area contributed by atoms with Crippen LogP contribution in [0.25, 0.3) is 0 Å². The van der Waals surface area contributed by atoms with Crippen LogP contribution in [0.4, 0.5) is 5.69 Å². The van der Waals surface area contributed by atoms with E-state index in [2.05, 4.69) is 10.3 Å². The van der Waals surface area contributed by atoms with Gasteiger partial charge in [-0.15, -0.1) is 0 Å². The number of unbranched alkanes of at least 4 members (excludes halogenated alkanes) is 3. The highest BCUT2D eigenvalue weighted by atomic mass is 16.2. The quantitative estimate of drug-likeness (QED) is 0.687. The molecule has 0 aromatic carbocycles. The van der Waals surface area contributed by atoms with Crippen LogP contribution >= 0.6 is 0 Å². The van der Waals surface area contributed by atoms with Gasteiger partial charge < -0.3 is 10.4 Å². The van der Waals surface area contributed by atoms with Gasteiger partial charge in [0.15, 0.2) is 0 Å². The van der Waals surface area contributed by atoms with Crippen LogP contribution in [0.15, 0.2) is 18.3 Å². The van der Waals surface area contributed by atoms with Crippen LogP contribution in [0, 0.1) is 11.3 Å². The Bertz CT molecular complexity index is 329. The number of nitriles is 1. The fraction of sp³-hybridized carbons (Fsp3) is 0.500. The number of nitrogens with zero attached hydrogens (tertiary/aromatic N) is 2. The Morgan fingerprint density at radius 1 is 1.25 bits per heavy atom. The molecule has 1 aromatic rings. The Balaban J connectivity index is 2.15. The van der Waals surface area contributed by atoms with Crippen LogP contribution in [-0.4, -0.2) is 23.2 Å². The van der Waals surface area contributed by atoms with Gasteiger partial charge >= 0.3 is 0 Å². The molecule has 0 saturated heterocycles. The average Bonchev–Trinajstić information content (AvgIpc) is 2.34. The van der Waals surface area contributed by atoms with Crippen LogP contribution < -0.4 is 5.32 Å². The number of aromatic nitrogens is 1. The normalized spacial score (nSPS) is 9.75. The van der Waals surface area contributed by atoms with Crippen molar-refractivity contribution >= 4 is 5.69 Å². The molecule has 16 heavy (non-hydrogen) atoms. The summed E-state index contributed by atoms with van der Waals surface area (Å²) in [4.78, 5) is 3.97. The van der Waals surface area contributed by atoms with E-state index in [-0.39, 0.29) is 6.61 Å². The molecule has 0 radical (unpaired) electrons. The maximum absolute atomic E-state index is 8.60. The van der Waals surface area contributed by atoms with E-state index in [1.165, 1.54) is 0 Å². The summed E-state index contributed by atoms with van der Waals surface area (Å²) in [5.41, 5.74) is 1.38. The van der Waals surface area contributed by atoms with Gasteiger partial charge in [-0.1, -0.05) is 12.8 Å². The summed E-state index contributed by atoms with van der Waals surface area (Å²) in [6, 6.07) is 5.54. The predicted octanol–water partition coefficient (Wildman–Crippen LogP) is 1.92. The Hall–Kier alpha value is -1.60. The first-order valence-electron chi connectivity index (χ1n) is 5.57. The zero-order valence-electron chi connectivity index (χ0n) is 9.32. The Morgan fingerprint density at radius 3 is 2.69 bits per heavy atom. The average molecular weight is 219 g/mol. The molecule has 0 atom stereocenters. The number of rotatable bonds is 7. The third kappa shape index (κ3) is 4.76. The standard InChI is InChI=1S/C12H17N3O/c13-9-11-5-6-12(10-15-11)14-7-3-1-2-4-8-16/h5-6,10,14,16H,1-4,7-8H2. The lowest BCUT2D eigenvalue weighted by molar-refractivity contribution is 0.283. The number of anilines is 1. The molecular weight excluding hydrogens is 202 g/mol. The topological polar surface area (TPSA) is 68.9 Å². The Labute approximate surface area is 95.9 Å². The lowest BCUT2D eigenvalue weighted by atomic mass is 10.2.